The van der Waals surface area contributed by atoms with Crippen LogP contribution in [0, 0.1) is 0 Å². The molecule has 0 aromatic heterocycles. The number of nitrogens with zero attached hydrogens (tertiary/aromatic N) is 2. The summed E-state index contributed by atoms with van der Waals surface area (Å²) in [5.74, 6) is -4.33. The largest absolute Gasteiger partial charge is 1.00 e. The van der Waals surface area contributed by atoms with Gasteiger partial charge in [-0.25, -0.2) is 24.1 Å². The summed E-state index contributed by atoms with van der Waals surface area (Å²) < 4.78 is 0. The van der Waals surface area contributed by atoms with Crippen molar-refractivity contribution in [2.24, 2.45) is 0 Å². The molecule has 0 unspecified atom stereocenters. The summed E-state index contributed by atoms with van der Waals surface area (Å²) in [6.45, 7) is 18.8. The Balaban J connectivity index is 0.0000115. The molecule has 0 aromatic rings. The molecule has 2 heterocycles. The quantitative estimate of drug-likeness (QED) is 0.101. The van der Waals surface area contributed by atoms with E-state index in [0.717, 1.165) is 0 Å². The Hall–Kier alpha value is -0.950. The smallest absolute Gasteiger partial charge is 1.00 e. The molecule has 0 aromatic carbocycles. The zero-order chi connectivity index (χ0) is 36.9. The van der Waals surface area contributed by atoms with Crippen molar-refractivity contribution in [1.82, 2.24) is 0 Å². The van der Waals surface area contributed by atoms with Crippen molar-refractivity contribution in [3.63, 3.8) is 0 Å². The summed E-state index contributed by atoms with van der Waals surface area (Å²) in [5.41, 5.74) is -10.1. The van der Waals surface area contributed by atoms with Gasteiger partial charge in [0.2, 0.25) is 0 Å². The number of carboxylic acid groups (broad SMARTS) is 1. The molecule has 2 saturated heterocycles. The molecule has 2 aliphatic heterocycles. The van der Waals surface area contributed by atoms with E-state index < -0.39 is 91.5 Å². The predicted octanol–water partition coefficient (Wildman–Crippen LogP) is -0.922. The number of hydrogen-bond acceptors (Lipinski definition) is 12. The van der Waals surface area contributed by atoms with Crippen molar-refractivity contribution >= 4 is 17.9 Å². The number of carboxylic acids is 1. The van der Waals surface area contributed by atoms with Crippen molar-refractivity contribution in [2.75, 3.05) is 13.2 Å². The molecule has 6 N–H and O–H groups in total. The third-order valence-electron chi connectivity index (χ3n) is 9.06. The van der Waals surface area contributed by atoms with E-state index >= 15 is 0 Å². The predicted molar refractivity (Wildman–Crippen MR) is 167 cm³/mol. The molecular formula is C32H61N2NaO13+2. The molecule has 0 saturated carbocycles. The summed E-state index contributed by atoms with van der Waals surface area (Å²) in [7, 11) is 0. The van der Waals surface area contributed by atoms with Gasteiger partial charge in [0.25, 0.3) is 0 Å². The van der Waals surface area contributed by atoms with Crippen molar-refractivity contribution in [3.8, 4) is 0 Å². The molecule has 2 aliphatic rings. The van der Waals surface area contributed by atoms with Crippen LogP contribution in [0.1, 0.15) is 123 Å². The van der Waals surface area contributed by atoms with Gasteiger partial charge < -0.3 is 32.1 Å². The molecular weight excluding hydrogens is 643 g/mol. The fraction of sp³-hybridized carbons (Fsp3) is 0.906. The molecule has 276 valence electrons. The van der Waals surface area contributed by atoms with Gasteiger partial charge in [-0.3, -0.25) is 0 Å². The minimum atomic E-state index is -3.00. The number of rotatable bonds is 13. The van der Waals surface area contributed by atoms with Crippen molar-refractivity contribution < 1.29 is 105 Å². The first-order valence-corrected chi connectivity index (χ1v) is 16.1. The van der Waals surface area contributed by atoms with Gasteiger partial charge in [-0.05, 0) is 83.1 Å². The van der Waals surface area contributed by atoms with E-state index in [1.165, 1.54) is 27.7 Å². The monoisotopic (exact) mass is 704 g/mol. The number of quaternary nitrogens is 2. The molecule has 2 fully saturated rings. The molecule has 15 nitrogen and oxygen atoms in total. The zero-order valence-electron chi connectivity index (χ0n) is 32.2. The first kappa shape index (κ1) is 45.1. The van der Waals surface area contributed by atoms with Gasteiger partial charge in [-0.1, -0.05) is 0 Å². The van der Waals surface area contributed by atoms with Gasteiger partial charge in [-0.2, -0.15) is 9.68 Å². The Kier molecular flexibility index (Phi) is 13.7. The molecule has 48 heavy (non-hydrogen) atoms. The summed E-state index contributed by atoms with van der Waals surface area (Å²) in [4.78, 5) is 62.0. The van der Waals surface area contributed by atoms with Crippen LogP contribution < -0.4 is 29.6 Å². The number of aliphatic carboxylic acids is 1. The van der Waals surface area contributed by atoms with Crippen LogP contribution >= 0.6 is 0 Å². The normalized spacial score (nSPS) is 30.7. The van der Waals surface area contributed by atoms with Crippen LogP contribution in [0.2, 0.25) is 0 Å². The Morgan fingerprint density at radius 3 is 1.10 bits per heavy atom. The van der Waals surface area contributed by atoms with Crippen LogP contribution in [0.15, 0.2) is 0 Å². The SMILES string of the molecule is CC(C)(O)CO[N+]1(OC(=O)CC(O)(CC(=O)O[N+]2(OCC(C)(C)O)C(C)(C)CC(O)CC2(C)C)C(=O)O)C(C)(C)CC(O)CC1(C)C.[H-].[Na+]. The number of hydroxylamine groups is 8. The Morgan fingerprint density at radius 2 is 0.896 bits per heavy atom. The fourth-order valence-corrected chi connectivity index (χ4v) is 7.36. The van der Waals surface area contributed by atoms with E-state index in [2.05, 4.69) is 0 Å². The van der Waals surface area contributed by atoms with Crippen LogP contribution in [0.3, 0.4) is 0 Å². The Morgan fingerprint density at radius 1 is 0.646 bits per heavy atom. The summed E-state index contributed by atoms with van der Waals surface area (Å²) in [6.07, 6.45) is -3.44. The average molecular weight is 705 g/mol. The third kappa shape index (κ3) is 9.68. The van der Waals surface area contributed by atoms with Crippen molar-refractivity contribution in [3.05, 3.63) is 0 Å². The zero-order valence-corrected chi connectivity index (χ0v) is 33.2. The molecule has 16 heteroatoms. The maximum absolute atomic E-state index is 13.6. The van der Waals surface area contributed by atoms with Gasteiger partial charge in [0.1, 0.15) is 13.2 Å². The molecule has 0 aliphatic carbocycles. The first-order valence-electron chi connectivity index (χ1n) is 16.1. The Bertz CT molecular complexity index is 1060. The van der Waals surface area contributed by atoms with Crippen molar-refractivity contribution in [2.45, 2.75) is 173 Å². The van der Waals surface area contributed by atoms with E-state index in [9.17, 15) is 45.0 Å². The fourth-order valence-electron chi connectivity index (χ4n) is 7.36. The van der Waals surface area contributed by atoms with Gasteiger partial charge in [0.05, 0.1) is 36.3 Å². The van der Waals surface area contributed by atoms with Gasteiger partial charge in [0, 0.05) is 35.3 Å². The number of hydrogen-bond donors (Lipinski definition) is 6. The number of piperidine rings is 2. The van der Waals surface area contributed by atoms with E-state index in [-0.39, 0.29) is 69.9 Å². The van der Waals surface area contributed by atoms with Gasteiger partial charge in [-0.15, -0.1) is 0 Å². The van der Waals surface area contributed by atoms with Gasteiger partial charge in [0.15, 0.2) is 27.8 Å². The molecule has 0 amide bonds. The first-order chi connectivity index (χ1) is 20.8. The summed E-state index contributed by atoms with van der Waals surface area (Å²) >= 11 is 0. The summed E-state index contributed by atoms with van der Waals surface area (Å²) in [5, 5.41) is 63.5. The molecule has 2 rings (SSSR count). The third-order valence-corrected chi connectivity index (χ3v) is 9.06. The van der Waals surface area contributed by atoms with Crippen LogP contribution in [0.5, 0.6) is 0 Å². The van der Waals surface area contributed by atoms with Crippen LogP contribution in [0.4, 0.5) is 0 Å². The van der Waals surface area contributed by atoms with Crippen molar-refractivity contribution in [1.29, 1.82) is 0 Å². The van der Waals surface area contributed by atoms with E-state index in [1.807, 2.05) is 0 Å². The number of carbonyl (C=O) groups is 3. The van der Waals surface area contributed by atoms with Gasteiger partial charge >= 0.3 is 47.5 Å². The number of aliphatic hydroxyl groups is 5. The number of aliphatic hydroxyl groups excluding tert-OH is 2. The summed E-state index contributed by atoms with van der Waals surface area (Å²) in [6, 6.07) is 0. The Labute approximate surface area is 307 Å². The van der Waals surface area contributed by atoms with E-state index in [4.69, 9.17) is 19.4 Å². The average Bonchev–Trinajstić information content (AvgIpc) is 2.79. The molecule has 0 atom stereocenters. The number of carbonyl (C=O) groups excluding carboxylic acids is 2. The maximum atomic E-state index is 13.6. The minimum absolute atomic E-state index is 0. The molecule has 0 radical (unpaired) electrons. The molecule has 0 bridgehead atoms. The molecule has 0 spiro atoms. The maximum Gasteiger partial charge on any atom is 1.00 e. The van der Waals surface area contributed by atoms with Crippen LogP contribution in [0.25, 0.3) is 0 Å². The second kappa shape index (κ2) is 14.6. The minimum Gasteiger partial charge on any atom is -1.00 e. The van der Waals surface area contributed by atoms with Crippen LogP contribution in [-0.2, 0) is 33.7 Å². The standard InChI is InChI=1S/C32H59N2O13.Na.H/c1-26(2)13-21(35)14-27(3,4)33(26,44-19-30(9,10)41)46-23(37)17-32(43,25(39)40)18-24(38)47-34(45-20-31(11,12)42)28(5,6)15-22(36)16-29(34,7)8;;/h21-22,35-36,41-43H,13-20H2,1-12H3;;/q2*+1;-1/p+1. The topological polar surface area (TPSA) is 210 Å². The second-order valence-electron chi connectivity index (χ2n) is 17.3. The van der Waals surface area contributed by atoms with E-state index in [0.29, 0.717) is 0 Å². The van der Waals surface area contributed by atoms with Crippen LogP contribution in [-0.4, -0.2) is 123 Å². The van der Waals surface area contributed by atoms with E-state index in [1.54, 1.807) is 55.4 Å². The second-order valence-corrected chi connectivity index (χ2v) is 17.3.